The van der Waals surface area contributed by atoms with E-state index in [0.29, 0.717) is 0 Å². The van der Waals surface area contributed by atoms with Crippen LogP contribution in [0.4, 0.5) is 0 Å². The monoisotopic (exact) mass is 399 g/mol. The van der Waals surface area contributed by atoms with Crippen molar-refractivity contribution in [3.63, 3.8) is 0 Å². The topological polar surface area (TPSA) is 102 Å². The number of amides is 1. The zero-order valence-electron chi connectivity index (χ0n) is 14.1. The standard InChI is InChI=1S/C16H15Cl2N3O5/c1-8-13(16(23)26-3)14(10-5-4-6-11(17)15(10)18)12(21(24)25)7-20(8)19-9(2)22/h4-7,14H,1-3H3,(H,19,22). The molecule has 138 valence electrons. The smallest absolute Gasteiger partial charge is 0.336 e. The number of nitrogens with one attached hydrogen (secondary N) is 1. The Morgan fingerprint density at radius 3 is 2.54 bits per heavy atom. The Balaban J connectivity index is 2.76. The highest BCUT2D eigenvalue weighted by molar-refractivity contribution is 6.42. The van der Waals surface area contributed by atoms with Gasteiger partial charge in [-0.25, -0.2) is 4.79 Å². The minimum Gasteiger partial charge on any atom is -0.466 e. The van der Waals surface area contributed by atoms with Crippen molar-refractivity contribution in [3.8, 4) is 0 Å². The van der Waals surface area contributed by atoms with Crippen molar-refractivity contribution in [2.75, 3.05) is 7.11 Å². The number of nitro groups is 1. The number of hydrogen-bond acceptors (Lipinski definition) is 6. The van der Waals surface area contributed by atoms with E-state index >= 15 is 0 Å². The Morgan fingerprint density at radius 1 is 1.35 bits per heavy atom. The summed E-state index contributed by atoms with van der Waals surface area (Å²) in [6, 6.07) is 4.65. The molecule has 1 aliphatic rings. The molecule has 0 radical (unpaired) electrons. The number of halogens is 2. The second kappa shape index (κ2) is 7.76. The van der Waals surface area contributed by atoms with Crippen molar-refractivity contribution >= 4 is 35.1 Å². The van der Waals surface area contributed by atoms with Gasteiger partial charge in [0.05, 0.1) is 27.7 Å². The molecule has 8 nitrogen and oxygen atoms in total. The van der Waals surface area contributed by atoms with E-state index in [0.717, 1.165) is 18.3 Å². The van der Waals surface area contributed by atoms with Crippen LogP contribution < -0.4 is 5.43 Å². The van der Waals surface area contributed by atoms with E-state index < -0.39 is 22.7 Å². The predicted octanol–water partition coefficient (Wildman–Crippen LogP) is 3.01. The van der Waals surface area contributed by atoms with E-state index in [4.69, 9.17) is 27.9 Å². The van der Waals surface area contributed by atoms with Gasteiger partial charge in [0.15, 0.2) is 0 Å². The first-order valence-corrected chi connectivity index (χ1v) is 8.10. The van der Waals surface area contributed by atoms with Gasteiger partial charge >= 0.3 is 5.97 Å². The summed E-state index contributed by atoms with van der Waals surface area (Å²) in [5, 5.41) is 13.1. The Bertz CT molecular complexity index is 850. The van der Waals surface area contributed by atoms with Crippen LogP contribution in [0, 0.1) is 10.1 Å². The number of ether oxygens (including phenoxy) is 1. The third kappa shape index (κ3) is 3.66. The van der Waals surface area contributed by atoms with Crippen LogP contribution in [-0.2, 0) is 14.3 Å². The maximum atomic E-state index is 12.4. The maximum absolute atomic E-state index is 12.4. The van der Waals surface area contributed by atoms with Crippen molar-refractivity contribution in [2.24, 2.45) is 0 Å². The highest BCUT2D eigenvalue weighted by Gasteiger charge is 2.42. The van der Waals surface area contributed by atoms with Crippen molar-refractivity contribution < 1.29 is 19.2 Å². The van der Waals surface area contributed by atoms with Crippen molar-refractivity contribution in [1.29, 1.82) is 0 Å². The summed E-state index contributed by atoms with van der Waals surface area (Å²) in [6.45, 7) is 2.77. The molecule has 1 heterocycles. The number of carbonyl (C=O) groups is 2. The van der Waals surface area contributed by atoms with Crippen LogP contribution in [0.1, 0.15) is 25.3 Å². The van der Waals surface area contributed by atoms with E-state index in [1.54, 1.807) is 12.1 Å². The van der Waals surface area contributed by atoms with Crippen LogP contribution in [0.5, 0.6) is 0 Å². The van der Waals surface area contributed by atoms with Gasteiger partial charge in [-0.2, -0.15) is 0 Å². The van der Waals surface area contributed by atoms with Gasteiger partial charge in [-0.05, 0) is 18.6 Å². The van der Waals surface area contributed by atoms with Gasteiger partial charge in [0, 0.05) is 12.6 Å². The number of nitrogens with zero attached hydrogens (tertiary/aromatic N) is 2. The molecule has 0 aromatic heterocycles. The Labute approximate surface area is 159 Å². The van der Waals surface area contributed by atoms with Gasteiger partial charge in [-0.1, -0.05) is 35.3 Å². The van der Waals surface area contributed by atoms with E-state index in [2.05, 4.69) is 5.43 Å². The highest BCUT2D eigenvalue weighted by Crippen LogP contribution is 2.43. The molecule has 1 aromatic rings. The Hall–Kier alpha value is -2.58. The molecule has 10 heteroatoms. The van der Waals surface area contributed by atoms with Crippen LogP contribution in [0.15, 0.2) is 41.4 Å². The molecule has 0 aliphatic carbocycles. The van der Waals surface area contributed by atoms with Gasteiger partial charge in [0.2, 0.25) is 5.91 Å². The van der Waals surface area contributed by atoms with Gasteiger partial charge in [0.25, 0.3) is 5.70 Å². The number of benzene rings is 1. The summed E-state index contributed by atoms with van der Waals surface area (Å²) < 4.78 is 4.80. The molecule has 0 spiro atoms. The zero-order valence-corrected chi connectivity index (χ0v) is 15.6. The summed E-state index contributed by atoms with van der Waals surface area (Å²) in [6.07, 6.45) is 1.13. The number of hydrogen-bond donors (Lipinski definition) is 1. The lowest BCUT2D eigenvalue weighted by Gasteiger charge is -2.31. The Morgan fingerprint density at radius 2 is 2.00 bits per heavy atom. The third-order valence-corrected chi connectivity index (χ3v) is 4.62. The van der Waals surface area contributed by atoms with Crippen molar-refractivity contribution in [3.05, 3.63) is 67.1 Å². The molecule has 1 aromatic carbocycles. The number of carbonyl (C=O) groups excluding carboxylic acids is 2. The first-order chi connectivity index (χ1) is 12.2. The molecule has 2 rings (SSSR count). The quantitative estimate of drug-likeness (QED) is 0.474. The second-order valence-electron chi connectivity index (χ2n) is 5.42. The normalized spacial score (nSPS) is 16.9. The largest absolute Gasteiger partial charge is 0.466 e. The van der Waals surface area contributed by atoms with Crippen LogP contribution in [0.3, 0.4) is 0 Å². The number of rotatable bonds is 4. The fourth-order valence-corrected chi connectivity index (χ4v) is 3.08. The van der Waals surface area contributed by atoms with Crippen molar-refractivity contribution in [1.82, 2.24) is 10.4 Å². The van der Waals surface area contributed by atoms with E-state index in [1.165, 1.54) is 19.9 Å². The lowest BCUT2D eigenvalue weighted by Crippen LogP contribution is -2.41. The van der Waals surface area contributed by atoms with Gasteiger partial charge in [-0.15, -0.1) is 0 Å². The predicted molar refractivity (Wildman–Crippen MR) is 94.7 cm³/mol. The van der Waals surface area contributed by atoms with Gasteiger partial charge in [-0.3, -0.25) is 25.3 Å². The number of allylic oxidation sites excluding steroid dienone is 2. The zero-order chi connectivity index (χ0) is 19.6. The summed E-state index contributed by atoms with van der Waals surface area (Å²) in [5.74, 6) is -2.37. The molecule has 0 saturated carbocycles. The average molecular weight is 400 g/mol. The van der Waals surface area contributed by atoms with Crippen LogP contribution >= 0.6 is 23.2 Å². The molecular formula is C16H15Cl2N3O5. The first kappa shape index (κ1) is 19.7. The molecular weight excluding hydrogens is 385 g/mol. The Kier molecular flexibility index (Phi) is 5.89. The van der Waals surface area contributed by atoms with E-state index in [-0.39, 0.29) is 32.6 Å². The molecule has 0 fully saturated rings. The number of esters is 1. The highest BCUT2D eigenvalue weighted by atomic mass is 35.5. The van der Waals surface area contributed by atoms with E-state index in [1.807, 2.05) is 0 Å². The molecule has 1 unspecified atom stereocenters. The maximum Gasteiger partial charge on any atom is 0.336 e. The van der Waals surface area contributed by atoms with E-state index in [9.17, 15) is 19.7 Å². The SMILES string of the molecule is COC(=O)C1=C(C)N(NC(C)=O)C=C([N+](=O)[O-])C1c1cccc(Cl)c1Cl. The molecule has 1 atom stereocenters. The minimum absolute atomic E-state index is 0.0281. The minimum atomic E-state index is -1.12. The lowest BCUT2D eigenvalue weighted by molar-refractivity contribution is -0.430. The lowest BCUT2D eigenvalue weighted by atomic mass is 9.85. The van der Waals surface area contributed by atoms with Gasteiger partial charge in [0.1, 0.15) is 12.1 Å². The van der Waals surface area contributed by atoms with Crippen LogP contribution in [0.25, 0.3) is 0 Å². The van der Waals surface area contributed by atoms with Crippen LogP contribution in [-0.4, -0.2) is 28.9 Å². The molecule has 0 bridgehead atoms. The van der Waals surface area contributed by atoms with Gasteiger partial charge < -0.3 is 4.74 Å². The summed E-state index contributed by atoms with van der Waals surface area (Å²) in [7, 11) is 1.16. The molecule has 0 saturated heterocycles. The van der Waals surface area contributed by atoms with Crippen molar-refractivity contribution in [2.45, 2.75) is 19.8 Å². The summed E-state index contributed by atoms with van der Waals surface area (Å²) in [5.41, 5.74) is 2.56. The first-order valence-electron chi connectivity index (χ1n) is 7.34. The summed E-state index contributed by atoms with van der Waals surface area (Å²) >= 11 is 12.3. The molecule has 26 heavy (non-hydrogen) atoms. The number of hydrazine groups is 1. The molecule has 1 aliphatic heterocycles. The molecule has 1 amide bonds. The average Bonchev–Trinajstić information content (AvgIpc) is 2.57. The fraction of sp³-hybridized carbons (Fsp3) is 0.250. The number of methoxy groups -OCH3 is 1. The summed E-state index contributed by atoms with van der Waals surface area (Å²) in [4.78, 5) is 34.8. The second-order valence-corrected chi connectivity index (χ2v) is 6.20. The molecule has 1 N–H and O–H groups in total. The van der Waals surface area contributed by atoms with Crippen LogP contribution in [0.2, 0.25) is 10.0 Å². The fourth-order valence-electron chi connectivity index (χ4n) is 2.66. The third-order valence-electron chi connectivity index (χ3n) is 3.78.